The summed E-state index contributed by atoms with van der Waals surface area (Å²) in [6, 6.07) is 6.26. The molecule has 0 aromatic heterocycles. The molecule has 0 aliphatic heterocycles. The first-order valence-electron chi connectivity index (χ1n) is 5.14. The molecule has 0 fully saturated rings. The highest BCUT2D eigenvalue weighted by atomic mass is 79.9. The monoisotopic (exact) mass is 281 g/mol. The summed E-state index contributed by atoms with van der Waals surface area (Å²) >= 11 is 3.40. The molecule has 1 aromatic rings. The second-order valence-corrected chi connectivity index (χ2v) is 4.92. The number of halogens is 1. The molecule has 0 amide bonds. The normalized spacial score (nSPS) is 10.3. The Labute approximate surface area is 105 Å². The van der Waals surface area contributed by atoms with Crippen molar-refractivity contribution in [3.63, 3.8) is 0 Å². The van der Waals surface area contributed by atoms with E-state index in [4.69, 9.17) is 0 Å². The van der Waals surface area contributed by atoms with Gasteiger partial charge in [0.25, 0.3) is 0 Å². The number of hydrogen-bond acceptors (Lipinski definition) is 2. The molecular formula is C13H16BrNO. The molecule has 1 aromatic carbocycles. The van der Waals surface area contributed by atoms with Crippen molar-refractivity contribution in [1.82, 2.24) is 0 Å². The van der Waals surface area contributed by atoms with E-state index in [-0.39, 0.29) is 0 Å². The summed E-state index contributed by atoms with van der Waals surface area (Å²) < 4.78 is 0.950. The van der Waals surface area contributed by atoms with Crippen molar-refractivity contribution in [1.29, 1.82) is 0 Å². The molecule has 0 radical (unpaired) electrons. The standard InChI is InChI=1S/C13H16BrNO/c1-9(2)15(4)13-6-5-11(14)7-12(13)10(3)8-16/h5-9H,3H2,1-2,4H3. The highest BCUT2D eigenvalue weighted by Gasteiger charge is 2.12. The first-order chi connectivity index (χ1) is 7.47. The third kappa shape index (κ3) is 2.73. The molecule has 1 rings (SSSR count). The van der Waals surface area contributed by atoms with Crippen LogP contribution < -0.4 is 4.90 Å². The lowest BCUT2D eigenvalue weighted by Gasteiger charge is -2.26. The van der Waals surface area contributed by atoms with Crippen molar-refractivity contribution in [2.45, 2.75) is 19.9 Å². The van der Waals surface area contributed by atoms with E-state index < -0.39 is 0 Å². The molecule has 2 nitrogen and oxygen atoms in total. The summed E-state index contributed by atoms with van der Waals surface area (Å²) in [5.74, 6) is 0. The van der Waals surface area contributed by atoms with Gasteiger partial charge in [-0.25, -0.2) is 0 Å². The van der Waals surface area contributed by atoms with Gasteiger partial charge in [0.05, 0.1) is 0 Å². The molecule has 0 atom stereocenters. The Bertz CT molecular complexity index is 412. The van der Waals surface area contributed by atoms with Crippen molar-refractivity contribution in [2.75, 3.05) is 11.9 Å². The highest BCUT2D eigenvalue weighted by molar-refractivity contribution is 9.10. The zero-order valence-electron chi connectivity index (χ0n) is 9.83. The van der Waals surface area contributed by atoms with E-state index in [1.807, 2.05) is 25.2 Å². The van der Waals surface area contributed by atoms with E-state index in [2.05, 4.69) is 41.3 Å². The smallest absolute Gasteiger partial charge is 0.150 e. The van der Waals surface area contributed by atoms with Gasteiger partial charge in [0, 0.05) is 34.4 Å². The van der Waals surface area contributed by atoms with Crippen molar-refractivity contribution >= 4 is 33.5 Å². The van der Waals surface area contributed by atoms with Crippen LogP contribution in [0.5, 0.6) is 0 Å². The summed E-state index contributed by atoms with van der Waals surface area (Å²) in [4.78, 5) is 12.9. The van der Waals surface area contributed by atoms with Crippen LogP contribution >= 0.6 is 15.9 Å². The summed E-state index contributed by atoms with van der Waals surface area (Å²) in [5.41, 5.74) is 2.40. The molecule has 0 heterocycles. The fourth-order valence-corrected chi connectivity index (χ4v) is 1.78. The van der Waals surface area contributed by atoms with Crippen LogP contribution in [0, 0.1) is 0 Å². The maximum absolute atomic E-state index is 10.8. The largest absolute Gasteiger partial charge is 0.372 e. The Hall–Kier alpha value is -1.09. The van der Waals surface area contributed by atoms with E-state index in [1.165, 1.54) is 0 Å². The minimum Gasteiger partial charge on any atom is -0.372 e. The first-order valence-corrected chi connectivity index (χ1v) is 5.93. The van der Waals surface area contributed by atoms with Crippen LogP contribution in [0.1, 0.15) is 19.4 Å². The average molecular weight is 282 g/mol. The Morgan fingerprint density at radius 2 is 2.12 bits per heavy atom. The molecule has 3 heteroatoms. The Morgan fingerprint density at radius 1 is 1.50 bits per heavy atom. The van der Waals surface area contributed by atoms with Gasteiger partial charge in [0.2, 0.25) is 0 Å². The highest BCUT2D eigenvalue weighted by Crippen LogP contribution is 2.29. The molecule has 0 saturated heterocycles. The third-order valence-corrected chi connectivity index (χ3v) is 3.09. The van der Waals surface area contributed by atoms with Gasteiger partial charge in [-0.3, -0.25) is 4.79 Å². The fourth-order valence-electron chi connectivity index (χ4n) is 1.41. The van der Waals surface area contributed by atoms with Gasteiger partial charge in [0.15, 0.2) is 0 Å². The molecule has 0 saturated carbocycles. The SMILES string of the molecule is C=C(C=O)c1cc(Br)ccc1N(C)C(C)C. The lowest BCUT2D eigenvalue weighted by atomic mass is 10.1. The number of nitrogens with zero attached hydrogens (tertiary/aromatic N) is 1. The van der Waals surface area contributed by atoms with E-state index in [9.17, 15) is 4.79 Å². The maximum Gasteiger partial charge on any atom is 0.150 e. The number of anilines is 1. The van der Waals surface area contributed by atoms with Crippen LogP contribution in [0.4, 0.5) is 5.69 Å². The van der Waals surface area contributed by atoms with Gasteiger partial charge in [0.1, 0.15) is 6.29 Å². The van der Waals surface area contributed by atoms with E-state index in [1.54, 1.807) is 0 Å². The number of rotatable bonds is 4. The van der Waals surface area contributed by atoms with Crippen LogP contribution in [0.3, 0.4) is 0 Å². The lowest BCUT2D eigenvalue weighted by Crippen LogP contribution is -2.26. The van der Waals surface area contributed by atoms with Crippen LogP contribution in [0.15, 0.2) is 29.3 Å². The molecule has 86 valence electrons. The van der Waals surface area contributed by atoms with Gasteiger partial charge in [-0.15, -0.1) is 0 Å². The van der Waals surface area contributed by atoms with Crippen LogP contribution in [-0.2, 0) is 4.79 Å². The summed E-state index contributed by atoms with van der Waals surface area (Å²) in [5, 5.41) is 0. The van der Waals surface area contributed by atoms with Crippen LogP contribution in [0.2, 0.25) is 0 Å². The molecule has 0 N–H and O–H groups in total. The van der Waals surface area contributed by atoms with Crippen molar-refractivity contribution in [3.8, 4) is 0 Å². The number of aldehydes is 1. The minimum atomic E-state index is 0.374. The van der Waals surface area contributed by atoms with Crippen molar-refractivity contribution in [2.24, 2.45) is 0 Å². The fraction of sp³-hybridized carbons (Fsp3) is 0.308. The van der Waals surface area contributed by atoms with E-state index in [0.717, 1.165) is 22.0 Å². The second kappa shape index (κ2) is 5.30. The molecule has 16 heavy (non-hydrogen) atoms. The van der Waals surface area contributed by atoms with Crippen molar-refractivity contribution in [3.05, 3.63) is 34.8 Å². The second-order valence-electron chi connectivity index (χ2n) is 4.01. The lowest BCUT2D eigenvalue weighted by molar-refractivity contribution is -0.103. The number of hydrogen-bond donors (Lipinski definition) is 0. The zero-order valence-corrected chi connectivity index (χ0v) is 11.4. The molecule has 0 unspecified atom stereocenters. The van der Waals surface area contributed by atoms with Crippen LogP contribution in [0.25, 0.3) is 5.57 Å². The Kier molecular flexibility index (Phi) is 4.30. The molecule has 0 bridgehead atoms. The first kappa shape index (κ1) is 13.0. The molecular weight excluding hydrogens is 266 g/mol. The van der Waals surface area contributed by atoms with Gasteiger partial charge in [-0.1, -0.05) is 22.5 Å². The number of carbonyl (C=O) groups excluding carboxylic acids is 1. The topological polar surface area (TPSA) is 20.3 Å². The predicted molar refractivity (Wildman–Crippen MR) is 72.8 cm³/mol. The minimum absolute atomic E-state index is 0.374. The average Bonchev–Trinajstić information content (AvgIpc) is 2.26. The maximum atomic E-state index is 10.8. The summed E-state index contributed by atoms with van der Waals surface area (Å²) in [6.07, 6.45) is 0.791. The van der Waals surface area contributed by atoms with Gasteiger partial charge < -0.3 is 4.90 Å². The molecule has 0 aliphatic carbocycles. The number of allylic oxidation sites excluding steroid dienone is 1. The van der Waals surface area contributed by atoms with Gasteiger partial charge >= 0.3 is 0 Å². The van der Waals surface area contributed by atoms with Crippen LogP contribution in [-0.4, -0.2) is 19.4 Å². The quantitative estimate of drug-likeness (QED) is 0.622. The number of carbonyl (C=O) groups is 1. The number of benzene rings is 1. The zero-order chi connectivity index (χ0) is 12.3. The Balaban J connectivity index is 3.27. The van der Waals surface area contributed by atoms with Gasteiger partial charge in [-0.2, -0.15) is 0 Å². The summed E-state index contributed by atoms with van der Waals surface area (Å²) in [7, 11) is 2.01. The molecule has 0 spiro atoms. The van der Waals surface area contributed by atoms with E-state index in [0.29, 0.717) is 11.6 Å². The molecule has 0 aliphatic rings. The Morgan fingerprint density at radius 3 is 2.62 bits per heavy atom. The van der Waals surface area contributed by atoms with Gasteiger partial charge in [-0.05, 0) is 32.0 Å². The summed E-state index contributed by atoms with van der Waals surface area (Å²) in [6.45, 7) is 7.98. The predicted octanol–water partition coefficient (Wildman–Crippen LogP) is 3.51. The van der Waals surface area contributed by atoms with E-state index >= 15 is 0 Å². The van der Waals surface area contributed by atoms with Crippen molar-refractivity contribution < 1.29 is 4.79 Å². The third-order valence-electron chi connectivity index (χ3n) is 2.60.